The number of nitrogens with one attached hydrogen (secondary N) is 2. The van der Waals surface area contributed by atoms with Gasteiger partial charge in [0.15, 0.2) is 0 Å². The molecule has 114 valence electrons. The molecule has 0 aromatic heterocycles. The summed E-state index contributed by atoms with van der Waals surface area (Å²) in [7, 11) is 0. The number of carboxylic acid groups (broad SMARTS) is 1. The largest absolute Gasteiger partial charge is 0.480 e. The summed E-state index contributed by atoms with van der Waals surface area (Å²) in [4.78, 5) is 33.4. The Morgan fingerprint density at radius 1 is 1.30 bits per heavy atom. The molecule has 7 nitrogen and oxygen atoms in total. The van der Waals surface area contributed by atoms with Gasteiger partial charge < -0.3 is 21.5 Å². The van der Waals surface area contributed by atoms with Crippen LogP contribution in [0.3, 0.4) is 0 Å². The maximum Gasteiger partial charge on any atom is 0.326 e. The third kappa shape index (κ3) is 6.40. The summed E-state index contributed by atoms with van der Waals surface area (Å²) in [6, 6.07) is -1.54. The minimum absolute atomic E-state index is 0.00248. The number of urea groups is 1. The van der Waals surface area contributed by atoms with Crippen molar-refractivity contribution in [1.29, 1.82) is 0 Å². The second-order valence-electron chi connectivity index (χ2n) is 5.30. The van der Waals surface area contributed by atoms with Gasteiger partial charge in [-0.3, -0.25) is 4.79 Å². The summed E-state index contributed by atoms with van der Waals surface area (Å²) in [6.45, 7) is 1.98. The van der Waals surface area contributed by atoms with Gasteiger partial charge in [-0.1, -0.05) is 19.8 Å². The van der Waals surface area contributed by atoms with Crippen LogP contribution in [0.2, 0.25) is 0 Å². The molecular formula is C13H23N3O4. The van der Waals surface area contributed by atoms with Crippen LogP contribution < -0.4 is 16.4 Å². The number of carbonyl (C=O) groups is 3. The minimum Gasteiger partial charge on any atom is -0.480 e. The van der Waals surface area contributed by atoms with Crippen LogP contribution >= 0.6 is 0 Å². The first-order valence-corrected chi connectivity index (χ1v) is 7.00. The first kappa shape index (κ1) is 16.3. The van der Waals surface area contributed by atoms with E-state index >= 15 is 0 Å². The van der Waals surface area contributed by atoms with Gasteiger partial charge in [-0.25, -0.2) is 9.59 Å². The molecule has 0 aromatic carbocycles. The van der Waals surface area contributed by atoms with Gasteiger partial charge in [-0.15, -0.1) is 0 Å². The highest BCUT2D eigenvalue weighted by atomic mass is 16.4. The molecule has 1 fully saturated rings. The Balaban J connectivity index is 2.38. The number of aliphatic carboxylic acids is 1. The van der Waals surface area contributed by atoms with E-state index in [1.54, 1.807) is 0 Å². The predicted octanol–water partition coefficient (Wildman–Crippen LogP) is 0.583. The lowest BCUT2D eigenvalue weighted by Crippen LogP contribution is -2.49. The summed E-state index contributed by atoms with van der Waals surface area (Å²) in [5, 5.41) is 14.1. The normalized spacial score (nSPS) is 17.1. The van der Waals surface area contributed by atoms with Gasteiger partial charge in [0.05, 0.1) is 0 Å². The molecule has 1 aliphatic carbocycles. The zero-order chi connectivity index (χ0) is 15.1. The predicted molar refractivity (Wildman–Crippen MR) is 72.9 cm³/mol. The average Bonchev–Trinajstić information content (AvgIpc) is 3.16. The fourth-order valence-corrected chi connectivity index (χ4v) is 2.01. The number of carboxylic acids is 1. The van der Waals surface area contributed by atoms with Crippen LogP contribution in [0.15, 0.2) is 0 Å². The highest BCUT2D eigenvalue weighted by Gasteiger charge is 2.26. The lowest BCUT2D eigenvalue weighted by molar-refractivity contribution is -0.139. The van der Waals surface area contributed by atoms with Gasteiger partial charge in [-0.05, 0) is 25.2 Å². The highest BCUT2D eigenvalue weighted by molar-refractivity contribution is 5.83. The van der Waals surface area contributed by atoms with Crippen LogP contribution in [0.1, 0.15) is 45.4 Å². The van der Waals surface area contributed by atoms with Gasteiger partial charge in [0.25, 0.3) is 0 Å². The molecule has 0 aromatic rings. The number of nitrogens with two attached hydrogens (primary N) is 1. The van der Waals surface area contributed by atoms with Crippen molar-refractivity contribution in [2.24, 2.45) is 11.7 Å². The van der Waals surface area contributed by atoms with E-state index in [4.69, 9.17) is 10.8 Å². The third-order valence-electron chi connectivity index (χ3n) is 3.43. The third-order valence-corrected chi connectivity index (χ3v) is 3.43. The van der Waals surface area contributed by atoms with Crippen LogP contribution in [0.25, 0.3) is 0 Å². The number of primary amides is 1. The number of carbonyl (C=O) groups excluding carboxylic acids is 2. The van der Waals surface area contributed by atoms with E-state index in [1.807, 2.05) is 6.92 Å². The molecule has 0 heterocycles. The fourth-order valence-electron chi connectivity index (χ4n) is 2.01. The van der Waals surface area contributed by atoms with Crippen LogP contribution in [0.5, 0.6) is 0 Å². The molecule has 1 aliphatic rings. The Labute approximate surface area is 118 Å². The van der Waals surface area contributed by atoms with E-state index in [0.717, 1.165) is 12.8 Å². The van der Waals surface area contributed by atoms with Crippen LogP contribution in [-0.2, 0) is 9.59 Å². The molecule has 20 heavy (non-hydrogen) atoms. The number of amides is 3. The molecule has 2 atom stereocenters. The van der Waals surface area contributed by atoms with Crippen molar-refractivity contribution in [3.63, 3.8) is 0 Å². The molecule has 2 unspecified atom stereocenters. The van der Waals surface area contributed by atoms with E-state index in [2.05, 4.69) is 10.6 Å². The van der Waals surface area contributed by atoms with Crippen molar-refractivity contribution in [2.75, 3.05) is 0 Å². The van der Waals surface area contributed by atoms with Crippen molar-refractivity contribution in [1.82, 2.24) is 10.6 Å². The molecule has 0 radical (unpaired) electrons. The zero-order valence-electron chi connectivity index (χ0n) is 11.7. The van der Waals surface area contributed by atoms with Crippen LogP contribution in [0, 0.1) is 5.92 Å². The quantitative estimate of drug-likeness (QED) is 0.495. The topological polar surface area (TPSA) is 122 Å². The Morgan fingerprint density at radius 3 is 2.40 bits per heavy atom. The van der Waals surface area contributed by atoms with Gasteiger partial charge in [0.2, 0.25) is 5.91 Å². The zero-order valence-corrected chi connectivity index (χ0v) is 11.7. The van der Waals surface area contributed by atoms with Gasteiger partial charge in [-0.2, -0.15) is 0 Å². The SMILES string of the molecule is CCC(CC1CC1)NC(=O)NC(CCC(N)=O)C(=O)O. The fraction of sp³-hybridized carbons (Fsp3) is 0.769. The number of hydrogen-bond donors (Lipinski definition) is 4. The highest BCUT2D eigenvalue weighted by Crippen LogP contribution is 2.33. The van der Waals surface area contributed by atoms with E-state index in [-0.39, 0.29) is 18.9 Å². The van der Waals surface area contributed by atoms with Gasteiger partial charge >= 0.3 is 12.0 Å². The van der Waals surface area contributed by atoms with Gasteiger partial charge in [0.1, 0.15) is 6.04 Å². The molecule has 0 saturated heterocycles. The van der Waals surface area contributed by atoms with Crippen molar-refractivity contribution in [3.05, 3.63) is 0 Å². The molecule has 3 amide bonds. The number of hydrogen-bond acceptors (Lipinski definition) is 3. The van der Waals surface area contributed by atoms with E-state index in [1.165, 1.54) is 12.8 Å². The summed E-state index contributed by atoms with van der Waals surface area (Å²) in [6.07, 6.45) is 4.08. The lowest BCUT2D eigenvalue weighted by Gasteiger charge is -2.19. The Bertz CT molecular complexity index is 369. The molecule has 1 rings (SSSR count). The first-order chi connectivity index (χ1) is 9.42. The smallest absolute Gasteiger partial charge is 0.326 e. The van der Waals surface area contributed by atoms with Gasteiger partial charge in [0, 0.05) is 12.5 Å². The van der Waals surface area contributed by atoms with E-state index in [9.17, 15) is 14.4 Å². The second-order valence-corrected chi connectivity index (χ2v) is 5.30. The monoisotopic (exact) mass is 285 g/mol. The van der Waals surface area contributed by atoms with Crippen LogP contribution in [-0.4, -0.2) is 35.1 Å². The standard InChI is InChI=1S/C13H23N3O4/c1-2-9(7-8-3-4-8)15-13(20)16-10(12(18)19)5-6-11(14)17/h8-10H,2-7H2,1H3,(H2,14,17)(H,18,19)(H2,15,16,20). The Hall–Kier alpha value is -1.79. The first-order valence-electron chi connectivity index (χ1n) is 7.00. The van der Waals surface area contributed by atoms with E-state index < -0.39 is 23.9 Å². The summed E-state index contributed by atoms with van der Waals surface area (Å²) in [5.41, 5.74) is 4.98. The average molecular weight is 285 g/mol. The maximum atomic E-state index is 11.8. The van der Waals surface area contributed by atoms with Crippen molar-refractivity contribution >= 4 is 17.9 Å². The molecule has 5 N–H and O–H groups in total. The molecule has 1 saturated carbocycles. The second kappa shape index (κ2) is 7.72. The summed E-state index contributed by atoms with van der Waals surface area (Å²) in [5.74, 6) is -1.07. The van der Waals surface area contributed by atoms with Crippen molar-refractivity contribution in [3.8, 4) is 0 Å². The maximum absolute atomic E-state index is 11.8. The molecule has 0 aliphatic heterocycles. The molecule has 0 bridgehead atoms. The molecule has 0 spiro atoms. The van der Waals surface area contributed by atoms with Crippen molar-refractivity contribution in [2.45, 2.75) is 57.5 Å². The lowest BCUT2D eigenvalue weighted by atomic mass is 10.1. The van der Waals surface area contributed by atoms with E-state index in [0.29, 0.717) is 5.92 Å². The van der Waals surface area contributed by atoms with Crippen LogP contribution in [0.4, 0.5) is 4.79 Å². The number of rotatable bonds is 9. The minimum atomic E-state index is -1.17. The Morgan fingerprint density at radius 2 is 1.95 bits per heavy atom. The Kier molecular flexibility index (Phi) is 6.27. The molecule has 7 heteroatoms. The summed E-state index contributed by atoms with van der Waals surface area (Å²) >= 11 is 0. The summed E-state index contributed by atoms with van der Waals surface area (Å²) < 4.78 is 0. The molecular weight excluding hydrogens is 262 g/mol. The van der Waals surface area contributed by atoms with Crippen molar-refractivity contribution < 1.29 is 19.5 Å².